The first-order valence-electron chi connectivity index (χ1n) is 5.91. The van der Waals surface area contributed by atoms with Crippen molar-refractivity contribution in [3.05, 3.63) is 48.0 Å². The molecule has 0 amide bonds. The molecule has 0 aliphatic carbocycles. The zero-order valence-corrected chi connectivity index (χ0v) is 9.98. The summed E-state index contributed by atoms with van der Waals surface area (Å²) in [4.78, 5) is 11.9. The first-order valence-corrected chi connectivity index (χ1v) is 5.91. The van der Waals surface area contributed by atoms with Crippen LogP contribution in [0.5, 0.6) is 0 Å². The number of Topliss-reactive ketones (excluding diaryl/α,β-unsaturated/α-hetero) is 1. The van der Waals surface area contributed by atoms with Crippen LogP contribution in [0.4, 0.5) is 0 Å². The zero-order chi connectivity index (χ0) is 12.1. The fourth-order valence-electron chi connectivity index (χ4n) is 1.82. The quantitative estimate of drug-likeness (QED) is 0.578. The van der Waals surface area contributed by atoms with Gasteiger partial charge in [0.2, 0.25) is 0 Å². The van der Waals surface area contributed by atoms with E-state index in [4.69, 9.17) is 4.74 Å². The van der Waals surface area contributed by atoms with Crippen LogP contribution in [0.2, 0.25) is 0 Å². The Morgan fingerprint density at radius 1 is 1.12 bits per heavy atom. The molecular weight excluding hydrogens is 212 g/mol. The van der Waals surface area contributed by atoms with E-state index in [9.17, 15) is 4.79 Å². The molecule has 2 aromatic carbocycles. The van der Waals surface area contributed by atoms with Gasteiger partial charge in [0.05, 0.1) is 6.61 Å². The lowest BCUT2D eigenvalue weighted by molar-refractivity contribution is 0.0896. The molecule has 0 saturated heterocycles. The van der Waals surface area contributed by atoms with Crippen LogP contribution in [-0.4, -0.2) is 19.0 Å². The minimum atomic E-state index is 0.143. The summed E-state index contributed by atoms with van der Waals surface area (Å²) in [6, 6.07) is 13.9. The standard InChI is InChI=1S/C15H16O2/c1-2-17-10-9-15(16)14-8-7-12-5-3-4-6-13(12)11-14/h3-8,11H,2,9-10H2,1H3. The van der Waals surface area contributed by atoms with E-state index in [2.05, 4.69) is 0 Å². The fraction of sp³-hybridized carbons (Fsp3) is 0.267. The van der Waals surface area contributed by atoms with Gasteiger partial charge in [-0.25, -0.2) is 0 Å². The number of hydrogen-bond acceptors (Lipinski definition) is 2. The molecule has 0 radical (unpaired) electrons. The number of hydrogen-bond donors (Lipinski definition) is 0. The van der Waals surface area contributed by atoms with Crippen LogP contribution in [0.1, 0.15) is 23.7 Å². The van der Waals surface area contributed by atoms with Gasteiger partial charge < -0.3 is 4.74 Å². The Bertz CT molecular complexity index is 517. The third kappa shape index (κ3) is 2.92. The minimum absolute atomic E-state index is 0.143. The van der Waals surface area contributed by atoms with Crippen molar-refractivity contribution in [1.82, 2.24) is 0 Å². The Balaban J connectivity index is 2.15. The van der Waals surface area contributed by atoms with Crippen LogP contribution in [0, 0.1) is 0 Å². The Morgan fingerprint density at radius 2 is 1.88 bits per heavy atom. The van der Waals surface area contributed by atoms with E-state index >= 15 is 0 Å². The van der Waals surface area contributed by atoms with E-state index in [1.165, 1.54) is 0 Å². The normalized spacial score (nSPS) is 10.6. The molecule has 2 aromatic rings. The Morgan fingerprint density at radius 3 is 2.65 bits per heavy atom. The molecule has 0 N–H and O–H groups in total. The van der Waals surface area contributed by atoms with Gasteiger partial charge in [-0.3, -0.25) is 4.79 Å². The molecule has 0 heterocycles. The highest BCUT2D eigenvalue weighted by Gasteiger charge is 2.06. The molecule has 0 saturated carbocycles. The number of carbonyl (C=O) groups excluding carboxylic acids is 1. The summed E-state index contributed by atoms with van der Waals surface area (Å²) in [5.41, 5.74) is 0.767. The van der Waals surface area contributed by atoms with Crippen molar-refractivity contribution < 1.29 is 9.53 Å². The van der Waals surface area contributed by atoms with Gasteiger partial charge in [0.1, 0.15) is 0 Å². The molecule has 0 aromatic heterocycles. The molecular formula is C15H16O2. The molecule has 2 nitrogen and oxygen atoms in total. The van der Waals surface area contributed by atoms with Crippen molar-refractivity contribution >= 4 is 16.6 Å². The van der Waals surface area contributed by atoms with E-state index in [0.29, 0.717) is 19.6 Å². The number of rotatable bonds is 5. The topological polar surface area (TPSA) is 26.3 Å². The number of benzene rings is 2. The highest BCUT2D eigenvalue weighted by atomic mass is 16.5. The van der Waals surface area contributed by atoms with Crippen molar-refractivity contribution in [2.75, 3.05) is 13.2 Å². The van der Waals surface area contributed by atoms with Crippen molar-refractivity contribution in [3.63, 3.8) is 0 Å². The molecule has 88 valence electrons. The predicted molar refractivity (Wildman–Crippen MR) is 69.4 cm³/mol. The maximum absolute atomic E-state index is 11.9. The second-order valence-electron chi connectivity index (χ2n) is 3.93. The van der Waals surface area contributed by atoms with Gasteiger partial charge in [0.25, 0.3) is 0 Å². The van der Waals surface area contributed by atoms with Crippen LogP contribution < -0.4 is 0 Å². The van der Waals surface area contributed by atoms with Gasteiger partial charge >= 0.3 is 0 Å². The SMILES string of the molecule is CCOCCC(=O)c1ccc2ccccc2c1. The van der Waals surface area contributed by atoms with Gasteiger partial charge in [-0.1, -0.05) is 36.4 Å². The van der Waals surface area contributed by atoms with Gasteiger partial charge in [-0.2, -0.15) is 0 Å². The summed E-state index contributed by atoms with van der Waals surface area (Å²) in [6.07, 6.45) is 0.451. The molecule has 0 atom stereocenters. The third-order valence-electron chi connectivity index (χ3n) is 2.75. The van der Waals surface area contributed by atoms with Crippen LogP contribution in [-0.2, 0) is 4.74 Å². The number of ketones is 1. The van der Waals surface area contributed by atoms with E-state index in [1.807, 2.05) is 49.4 Å². The van der Waals surface area contributed by atoms with E-state index in [-0.39, 0.29) is 5.78 Å². The van der Waals surface area contributed by atoms with E-state index in [0.717, 1.165) is 16.3 Å². The lowest BCUT2D eigenvalue weighted by Crippen LogP contribution is -2.04. The summed E-state index contributed by atoms with van der Waals surface area (Å²) >= 11 is 0. The van der Waals surface area contributed by atoms with Crippen LogP contribution >= 0.6 is 0 Å². The van der Waals surface area contributed by atoms with E-state index in [1.54, 1.807) is 0 Å². The summed E-state index contributed by atoms with van der Waals surface area (Å²) < 4.78 is 5.19. The van der Waals surface area contributed by atoms with E-state index < -0.39 is 0 Å². The summed E-state index contributed by atoms with van der Waals surface area (Å²) in [6.45, 7) is 3.09. The molecule has 0 fully saturated rings. The summed E-state index contributed by atoms with van der Waals surface area (Å²) in [7, 11) is 0. The molecule has 17 heavy (non-hydrogen) atoms. The lowest BCUT2D eigenvalue weighted by atomic mass is 10.0. The van der Waals surface area contributed by atoms with Crippen LogP contribution in [0.3, 0.4) is 0 Å². The monoisotopic (exact) mass is 228 g/mol. The number of ether oxygens (including phenoxy) is 1. The largest absolute Gasteiger partial charge is 0.381 e. The third-order valence-corrected chi connectivity index (χ3v) is 2.75. The highest BCUT2D eigenvalue weighted by molar-refractivity contribution is 5.99. The molecule has 0 bridgehead atoms. The smallest absolute Gasteiger partial charge is 0.165 e. The second-order valence-corrected chi connectivity index (χ2v) is 3.93. The first-order chi connectivity index (χ1) is 8.31. The van der Waals surface area contributed by atoms with Crippen molar-refractivity contribution in [1.29, 1.82) is 0 Å². The molecule has 0 spiro atoms. The van der Waals surface area contributed by atoms with Crippen molar-refractivity contribution in [3.8, 4) is 0 Å². The second kappa shape index (κ2) is 5.60. The number of carbonyl (C=O) groups is 1. The predicted octanol–water partition coefficient (Wildman–Crippen LogP) is 3.45. The van der Waals surface area contributed by atoms with Crippen LogP contribution in [0.25, 0.3) is 10.8 Å². The first kappa shape index (κ1) is 11.8. The van der Waals surface area contributed by atoms with Crippen molar-refractivity contribution in [2.24, 2.45) is 0 Å². The average molecular weight is 228 g/mol. The van der Waals surface area contributed by atoms with Gasteiger partial charge in [0, 0.05) is 18.6 Å². The van der Waals surface area contributed by atoms with Gasteiger partial charge in [-0.15, -0.1) is 0 Å². The summed E-state index contributed by atoms with van der Waals surface area (Å²) in [5.74, 6) is 0.143. The maximum Gasteiger partial charge on any atom is 0.165 e. The lowest BCUT2D eigenvalue weighted by Gasteiger charge is -2.03. The minimum Gasteiger partial charge on any atom is -0.381 e. The Hall–Kier alpha value is -1.67. The fourth-order valence-corrected chi connectivity index (χ4v) is 1.82. The van der Waals surface area contributed by atoms with Gasteiger partial charge in [-0.05, 0) is 23.8 Å². The average Bonchev–Trinajstić information content (AvgIpc) is 2.38. The maximum atomic E-state index is 11.9. The molecule has 0 aliphatic rings. The molecule has 0 aliphatic heterocycles. The zero-order valence-electron chi connectivity index (χ0n) is 9.98. The highest BCUT2D eigenvalue weighted by Crippen LogP contribution is 2.16. The summed E-state index contributed by atoms with van der Waals surface area (Å²) in [5, 5.41) is 2.27. The number of fused-ring (bicyclic) bond motifs is 1. The molecule has 2 rings (SSSR count). The molecule has 2 heteroatoms. The van der Waals surface area contributed by atoms with Crippen molar-refractivity contribution in [2.45, 2.75) is 13.3 Å². The Labute approximate surface area is 101 Å². The Kier molecular flexibility index (Phi) is 3.89. The van der Waals surface area contributed by atoms with Gasteiger partial charge in [0.15, 0.2) is 5.78 Å². The van der Waals surface area contributed by atoms with Crippen LogP contribution in [0.15, 0.2) is 42.5 Å². The molecule has 0 unspecified atom stereocenters.